The van der Waals surface area contributed by atoms with Gasteiger partial charge in [0.15, 0.2) is 0 Å². The predicted octanol–water partition coefficient (Wildman–Crippen LogP) is 3.71. The van der Waals surface area contributed by atoms with Gasteiger partial charge in [-0.2, -0.15) is 0 Å². The zero-order chi connectivity index (χ0) is 10.4. The highest BCUT2D eigenvalue weighted by Crippen LogP contribution is 2.16. The SMILES string of the molecule is Cl.Cl.Nc1ccc(N(CCBr)CCBr)cc1. The quantitative estimate of drug-likeness (QED) is 0.609. The molecule has 1 aromatic rings. The molecule has 0 aliphatic rings. The van der Waals surface area contributed by atoms with Crippen LogP contribution in [-0.2, 0) is 0 Å². The Kier molecular flexibility index (Phi) is 12.3. The predicted molar refractivity (Wildman–Crippen MR) is 85.2 cm³/mol. The third kappa shape index (κ3) is 6.18. The maximum Gasteiger partial charge on any atom is 0.0368 e. The maximum absolute atomic E-state index is 5.64. The van der Waals surface area contributed by atoms with Gasteiger partial charge in [0, 0.05) is 35.1 Å². The van der Waals surface area contributed by atoms with Gasteiger partial charge >= 0.3 is 0 Å². The Hall–Kier alpha value is 0.360. The summed E-state index contributed by atoms with van der Waals surface area (Å²) >= 11 is 6.90. The number of hydrogen-bond donors (Lipinski definition) is 1. The van der Waals surface area contributed by atoms with Gasteiger partial charge < -0.3 is 10.6 Å². The molecule has 1 rings (SSSR count). The first-order valence-corrected chi connectivity index (χ1v) is 6.74. The Labute approximate surface area is 126 Å². The van der Waals surface area contributed by atoms with Crippen molar-refractivity contribution < 1.29 is 0 Å². The molecule has 0 aliphatic carbocycles. The van der Waals surface area contributed by atoms with Gasteiger partial charge in [0.1, 0.15) is 0 Å². The van der Waals surface area contributed by atoms with Gasteiger partial charge in [-0.25, -0.2) is 0 Å². The first kappa shape index (κ1) is 18.7. The molecule has 0 aliphatic heterocycles. The van der Waals surface area contributed by atoms with Gasteiger partial charge in [0.2, 0.25) is 0 Å². The summed E-state index contributed by atoms with van der Waals surface area (Å²) in [6.07, 6.45) is 0. The fourth-order valence-electron chi connectivity index (χ4n) is 1.26. The Morgan fingerprint density at radius 1 is 0.938 bits per heavy atom. The minimum atomic E-state index is 0. The second-order valence-corrected chi connectivity index (χ2v) is 4.54. The molecule has 0 amide bonds. The Morgan fingerprint density at radius 3 is 1.75 bits per heavy atom. The number of benzene rings is 1. The van der Waals surface area contributed by atoms with Crippen LogP contribution in [0.15, 0.2) is 24.3 Å². The molecule has 16 heavy (non-hydrogen) atoms. The summed E-state index contributed by atoms with van der Waals surface area (Å²) in [6, 6.07) is 7.98. The molecular formula is C10H16Br2Cl2N2. The number of alkyl halides is 2. The lowest BCUT2D eigenvalue weighted by molar-refractivity contribution is 0.885. The van der Waals surface area contributed by atoms with Crippen molar-refractivity contribution in [3.8, 4) is 0 Å². The number of nitrogen functional groups attached to an aromatic ring is 1. The lowest BCUT2D eigenvalue weighted by Crippen LogP contribution is -2.27. The van der Waals surface area contributed by atoms with Crippen LogP contribution < -0.4 is 10.6 Å². The van der Waals surface area contributed by atoms with E-state index < -0.39 is 0 Å². The third-order valence-corrected chi connectivity index (χ3v) is 2.68. The second kappa shape index (κ2) is 10.5. The molecule has 6 heteroatoms. The first-order chi connectivity index (χ1) is 6.77. The van der Waals surface area contributed by atoms with Gasteiger partial charge in [-0.3, -0.25) is 0 Å². The lowest BCUT2D eigenvalue weighted by Gasteiger charge is -2.22. The molecule has 0 spiro atoms. The number of nitrogens with zero attached hydrogens (tertiary/aromatic N) is 1. The molecular weight excluding hydrogens is 379 g/mol. The molecule has 0 radical (unpaired) electrons. The van der Waals surface area contributed by atoms with Crippen LogP contribution in [0.1, 0.15) is 0 Å². The molecule has 0 fully saturated rings. The number of nitrogens with two attached hydrogens (primary N) is 1. The summed E-state index contributed by atoms with van der Waals surface area (Å²) in [5, 5.41) is 1.95. The zero-order valence-corrected chi connectivity index (χ0v) is 13.5. The highest BCUT2D eigenvalue weighted by Gasteiger charge is 2.03. The largest absolute Gasteiger partial charge is 0.399 e. The molecule has 0 atom stereocenters. The number of anilines is 2. The van der Waals surface area contributed by atoms with E-state index in [4.69, 9.17) is 5.73 Å². The van der Waals surface area contributed by atoms with E-state index in [1.165, 1.54) is 5.69 Å². The number of rotatable bonds is 5. The van der Waals surface area contributed by atoms with Crippen molar-refractivity contribution in [3.63, 3.8) is 0 Å². The lowest BCUT2D eigenvalue weighted by atomic mass is 10.2. The molecule has 1 aromatic carbocycles. The van der Waals surface area contributed by atoms with Crippen LogP contribution in [0.4, 0.5) is 11.4 Å². The van der Waals surface area contributed by atoms with E-state index in [0.29, 0.717) is 0 Å². The highest BCUT2D eigenvalue weighted by molar-refractivity contribution is 9.09. The Morgan fingerprint density at radius 2 is 1.38 bits per heavy atom. The van der Waals surface area contributed by atoms with Crippen molar-refractivity contribution in [2.75, 3.05) is 34.4 Å². The van der Waals surface area contributed by atoms with Gasteiger partial charge in [-0.05, 0) is 24.3 Å². The van der Waals surface area contributed by atoms with Crippen molar-refractivity contribution in [1.29, 1.82) is 0 Å². The summed E-state index contributed by atoms with van der Waals surface area (Å²) in [5.74, 6) is 0. The molecule has 0 saturated carbocycles. The first-order valence-electron chi connectivity index (χ1n) is 4.50. The van der Waals surface area contributed by atoms with Crippen molar-refractivity contribution in [3.05, 3.63) is 24.3 Å². The average Bonchev–Trinajstić information content (AvgIpc) is 2.19. The molecule has 0 heterocycles. The van der Waals surface area contributed by atoms with Crippen molar-refractivity contribution in [2.24, 2.45) is 0 Å². The normalized spacial score (nSPS) is 8.88. The zero-order valence-electron chi connectivity index (χ0n) is 8.73. The van der Waals surface area contributed by atoms with Crippen molar-refractivity contribution in [1.82, 2.24) is 0 Å². The topological polar surface area (TPSA) is 29.3 Å². The standard InChI is InChI=1S/C10H14Br2N2.2ClH/c11-5-7-14(8-6-12)10-3-1-9(13)2-4-10;;/h1-4H,5-8,13H2;2*1H. The van der Waals surface area contributed by atoms with Gasteiger partial charge in [0.05, 0.1) is 0 Å². The van der Waals surface area contributed by atoms with Crippen LogP contribution in [0.25, 0.3) is 0 Å². The van der Waals surface area contributed by atoms with E-state index in [2.05, 4.69) is 48.9 Å². The molecule has 0 saturated heterocycles. The molecule has 2 nitrogen and oxygen atoms in total. The Bertz CT molecular complexity index is 264. The summed E-state index contributed by atoms with van der Waals surface area (Å²) in [5.41, 5.74) is 7.67. The maximum atomic E-state index is 5.64. The molecule has 0 unspecified atom stereocenters. The van der Waals surface area contributed by atoms with Crippen LogP contribution in [0.2, 0.25) is 0 Å². The number of halogens is 4. The minimum absolute atomic E-state index is 0. The smallest absolute Gasteiger partial charge is 0.0368 e. The fourth-order valence-corrected chi connectivity index (χ4v) is 2.12. The number of hydrogen-bond acceptors (Lipinski definition) is 2. The minimum Gasteiger partial charge on any atom is -0.399 e. The van der Waals surface area contributed by atoms with Crippen LogP contribution in [0.5, 0.6) is 0 Å². The van der Waals surface area contributed by atoms with Gasteiger partial charge in [-0.1, -0.05) is 31.9 Å². The molecule has 0 aromatic heterocycles. The van der Waals surface area contributed by atoms with E-state index in [-0.39, 0.29) is 24.8 Å². The summed E-state index contributed by atoms with van der Waals surface area (Å²) in [4.78, 5) is 2.31. The van der Waals surface area contributed by atoms with Crippen LogP contribution in [0, 0.1) is 0 Å². The van der Waals surface area contributed by atoms with Crippen molar-refractivity contribution >= 4 is 68.0 Å². The molecule has 0 bridgehead atoms. The highest BCUT2D eigenvalue weighted by atomic mass is 79.9. The fraction of sp³-hybridized carbons (Fsp3) is 0.400. The summed E-state index contributed by atoms with van der Waals surface area (Å²) < 4.78 is 0. The van der Waals surface area contributed by atoms with Gasteiger partial charge in [-0.15, -0.1) is 24.8 Å². The molecule has 94 valence electrons. The monoisotopic (exact) mass is 392 g/mol. The third-order valence-electron chi connectivity index (χ3n) is 1.97. The summed E-state index contributed by atoms with van der Waals surface area (Å²) in [6.45, 7) is 2.02. The average molecular weight is 395 g/mol. The van der Waals surface area contributed by atoms with Crippen LogP contribution in [0.3, 0.4) is 0 Å². The molecule has 2 N–H and O–H groups in total. The van der Waals surface area contributed by atoms with E-state index in [0.717, 1.165) is 29.4 Å². The Balaban J connectivity index is 0. The van der Waals surface area contributed by atoms with Crippen LogP contribution in [-0.4, -0.2) is 23.7 Å². The van der Waals surface area contributed by atoms with Gasteiger partial charge in [0.25, 0.3) is 0 Å². The van der Waals surface area contributed by atoms with Crippen molar-refractivity contribution in [2.45, 2.75) is 0 Å². The summed E-state index contributed by atoms with van der Waals surface area (Å²) in [7, 11) is 0. The van der Waals surface area contributed by atoms with E-state index >= 15 is 0 Å². The van der Waals surface area contributed by atoms with E-state index in [9.17, 15) is 0 Å². The van der Waals surface area contributed by atoms with E-state index in [1.54, 1.807) is 0 Å². The van der Waals surface area contributed by atoms with E-state index in [1.807, 2.05) is 12.1 Å². The second-order valence-electron chi connectivity index (χ2n) is 2.96. The van der Waals surface area contributed by atoms with Crippen LogP contribution >= 0.6 is 56.7 Å².